The number of aliphatic hydroxyl groups is 1. The second-order valence-electron chi connectivity index (χ2n) is 8.46. The maximum atomic E-state index is 12.6. The first-order valence-electron chi connectivity index (χ1n) is 10.1. The number of benzene rings is 2. The third-order valence-corrected chi connectivity index (χ3v) is 5.31. The van der Waals surface area contributed by atoms with E-state index in [2.05, 4.69) is 4.99 Å². The molecule has 5 heteroatoms. The first-order valence-corrected chi connectivity index (χ1v) is 10.1. The first-order chi connectivity index (χ1) is 14.4. The molecule has 2 aromatic carbocycles. The van der Waals surface area contributed by atoms with Crippen molar-refractivity contribution in [2.45, 2.75) is 33.6 Å². The van der Waals surface area contributed by atoms with Crippen LogP contribution in [0.4, 0.5) is 5.82 Å². The quantitative estimate of drug-likeness (QED) is 0.568. The van der Waals surface area contributed by atoms with Crippen LogP contribution in [0.5, 0.6) is 0 Å². The third kappa shape index (κ3) is 3.83. The SMILES string of the molecule is Cc1nn(-c2ccccc2)c(N=CC2=C(O)CC(C)(C)CC2=O)c1-c1ccccc1. The molecule has 0 radical (unpaired) electrons. The van der Waals surface area contributed by atoms with Crippen LogP contribution in [-0.2, 0) is 4.79 Å². The van der Waals surface area contributed by atoms with Crippen LogP contribution in [0.2, 0.25) is 0 Å². The van der Waals surface area contributed by atoms with E-state index < -0.39 is 0 Å². The smallest absolute Gasteiger partial charge is 0.168 e. The number of hydrogen-bond acceptors (Lipinski definition) is 4. The summed E-state index contributed by atoms with van der Waals surface area (Å²) in [7, 11) is 0. The molecule has 1 aliphatic rings. The van der Waals surface area contributed by atoms with Crippen molar-refractivity contribution in [3.05, 3.63) is 77.7 Å². The van der Waals surface area contributed by atoms with E-state index in [0.29, 0.717) is 18.7 Å². The molecule has 0 unspecified atom stereocenters. The third-order valence-electron chi connectivity index (χ3n) is 5.31. The van der Waals surface area contributed by atoms with Crippen molar-refractivity contribution in [1.82, 2.24) is 9.78 Å². The number of aliphatic hydroxyl groups excluding tert-OH is 1. The lowest BCUT2D eigenvalue weighted by molar-refractivity contribution is -0.117. The van der Waals surface area contributed by atoms with Crippen molar-refractivity contribution in [2.24, 2.45) is 10.4 Å². The number of ketones is 1. The van der Waals surface area contributed by atoms with Crippen molar-refractivity contribution in [3.8, 4) is 16.8 Å². The van der Waals surface area contributed by atoms with Crippen LogP contribution in [0.25, 0.3) is 16.8 Å². The zero-order valence-electron chi connectivity index (χ0n) is 17.5. The number of carbonyl (C=O) groups excluding carboxylic acids is 1. The lowest BCUT2D eigenvalue weighted by Gasteiger charge is -2.28. The van der Waals surface area contributed by atoms with Gasteiger partial charge in [-0.1, -0.05) is 62.4 Å². The van der Waals surface area contributed by atoms with Crippen LogP contribution >= 0.6 is 0 Å². The summed E-state index contributed by atoms with van der Waals surface area (Å²) in [5.41, 5.74) is 3.66. The molecule has 1 aromatic heterocycles. The van der Waals surface area contributed by atoms with Gasteiger partial charge in [0.15, 0.2) is 11.6 Å². The van der Waals surface area contributed by atoms with Crippen molar-refractivity contribution in [3.63, 3.8) is 0 Å². The van der Waals surface area contributed by atoms with Crippen molar-refractivity contribution in [1.29, 1.82) is 0 Å². The van der Waals surface area contributed by atoms with Gasteiger partial charge in [-0.3, -0.25) is 4.79 Å². The Hall–Kier alpha value is -3.47. The number of para-hydroxylation sites is 1. The molecule has 3 aromatic rings. The van der Waals surface area contributed by atoms with Gasteiger partial charge in [0.25, 0.3) is 0 Å². The lowest BCUT2D eigenvalue weighted by atomic mass is 9.77. The maximum absolute atomic E-state index is 12.6. The van der Waals surface area contributed by atoms with E-state index in [1.807, 2.05) is 81.4 Å². The number of carbonyl (C=O) groups is 1. The molecule has 1 heterocycles. The van der Waals surface area contributed by atoms with Gasteiger partial charge in [0.2, 0.25) is 0 Å². The summed E-state index contributed by atoms with van der Waals surface area (Å²) in [6.45, 7) is 5.92. The summed E-state index contributed by atoms with van der Waals surface area (Å²) in [5, 5.41) is 15.2. The van der Waals surface area contributed by atoms with E-state index in [4.69, 9.17) is 5.10 Å². The van der Waals surface area contributed by atoms with Gasteiger partial charge in [-0.15, -0.1) is 0 Å². The Balaban J connectivity index is 1.86. The number of rotatable bonds is 4. The highest BCUT2D eigenvalue weighted by atomic mass is 16.3. The topological polar surface area (TPSA) is 67.5 Å². The summed E-state index contributed by atoms with van der Waals surface area (Å²) >= 11 is 0. The Labute approximate surface area is 176 Å². The van der Waals surface area contributed by atoms with Crippen LogP contribution in [0.1, 0.15) is 32.4 Å². The normalized spacial score (nSPS) is 16.4. The van der Waals surface area contributed by atoms with Gasteiger partial charge in [-0.05, 0) is 30.0 Å². The first kappa shape index (κ1) is 19.8. The van der Waals surface area contributed by atoms with Crippen LogP contribution in [0, 0.1) is 12.3 Å². The molecule has 152 valence electrons. The minimum Gasteiger partial charge on any atom is -0.511 e. The number of aliphatic imine (C=N–C) groups is 1. The summed E-state index contributed by atoms with van der Waals surface area (Å²) in [6.07, 6.45) is 2.35. The molecule has 0 spiro atoms. The number of hydrogen-bond donors (Lipinski definition) is 1. The molecule has 30 heavy (non-hydrogen) atoms. The standard InChI is InChI=1S/C25H25N3O2/c1-17-23(18-10-6-4-7-11-18)24(28(27-17)19-12-8-5-9-13-19)26-16-20-21(29)14-25(2,3)15-22(20)30/h4-13,16,29H,14-15H2,1-3H3. The van der Waals surface area contributed by atoms with Crippen LogP contribution in [0.15, 0.2) is 77.0 Å². The fraction of sp³-hybridized carbons (Fsp3) is 0.240. The van der Waals surface area contributed by atoms with Crippen LogP contribution in [0.3, 0.4) is 0 Å². The van der Waals surface area contributed by atoms with Gasteiger partial charge in [0.05, 0.1) is 17.0 Å². The molecule has 0 bridgehead atoms. The van der Waals surface area contributed by atoms with Crippen molar-refractivity contribution >= 4 is 17.8 Å². The minimum atomic E-state index is -0.240. The Morgan fingerprint density at radius 3 is 2.30 bits per heavy atom. The van der Waals surface area contributed by atoms with E-state index in [1.165, 1.54) is 6.21 Å². The molecule has 1 aliphatic carbocycles. The molecule has 0 fully saturated rings. The highest BCUT2D eigenvalue weighted by Gasteiger charge is 2.32. The Morgan fingerprint density at radius 2 is 1.67 bits per heavy atom. The number of Topliss-reactive ketones (excluding diaryl/α,β-unsaturated/α-hetero) is 1. The number of aryl methyl sites for hydroxylation is 1. The molecule has 0 amide bonds. The second kappa shape index (κ2) is 7.75. The fourth-order valence-corrected chi connectivity index (χ4v) is 3.90. The predicted molar refractivity (Wildman–Crippen MR) is 120 cm³/mol. The van der Waals surface area contributed by atoms with E-state index in [-0.39, 0.29) is 22.5 Å². The lowest BCUT2D eigenvalue weighted by Crippen LogP contribution is -2.26. The monoisotopic (exact) mass is 399 g/mol. The van der Waals surface area contributed by atoms with E-state index in [1.54, 1.807) is 4.68 Å². The molecule has 0 saturated heterocycles. The van der Waals surface area contributed by atoms with Crippen LogP contribution in [-0.4, -0.2) is 26.9 Å². The van der Waals surface area contributed by atoms with Crippen LogP contribution < -0.4 is 0 Å². The zero-order chi connectivity index (χ0) is 21.3. The molecule has 1 N–H and O–H groups in total. The summed E-state index contributed by atoms with van der Waals surface area (Å²) in [6, 6.07) is 19.7. The van der Waals surface area contributed by atoms with Gasteiger partial charge < -0.3 is 5.11 Å². The number of aromatic nitrogens is 2. The summed E-state index contributed by atoms with van der Waals surface area (Å²) < 4.78 is 1.78. The molecule has 0 atom stereocenters. The summed E-state index contributed by atoms with van der Waals surface area (Å²) in [5.74, 6) is 0.642. The van der Waals surface area contributed by atoms with Gasteiger partial charge in [-0.25, -0.2) is 9.67 Å². The molecule has 0 saturated carbocycles. The highest BCUT2D eigenvalue weighted by Crippen LogP contribution is 2.37. The highest BCUT2D eigenvalue weighted by molar-refractivity contribution is 6.15. The molecule has 5 nitrogen and oxygen atoms in total. The van der Waals surface area contributed by atoms with E-state index in [0.717, 1.165) is 22.5 Å². The van der Waals surface area contributed by atoms with E-state index >= 15 is 0 Å². The summed E-state index contributed by atoms with van der Waals surface area (Å²) in [4.78, 5) is 17.3. The Bertz CT molecular complexity index is 1140. The maximum Gasteiger partial charge on any atom is 0.168 e. The Kier molecular flexibility index (Phi) is 5.12. The number of nitrogens with zero attached hydrogens (tertiary/aromatic N) is 3. The van der Waals surface area contributed by atoms with E-state index in [9.17, 15) is 9.90 Å². The van der Waals surface area contributed by atoms with Gasteiger partial charge >= 0.3 is 0 Å². The molecule has 0 aliphatic heterocycles. The predicted octanol–water partition coefficient (Wildman–Crippen LogP) is 5.75. The zero-order valence-corrected chi connectivity index (χ0v) is 17.5. The average Bonchev–Trinajstić information content (AvgIpc) is 3.04. The minimum absolute atomic E-state index is 0.0868. The molecular weight excluding hydrogens is 374 g/mol. The largest absolute Gasteiger partial charge is 0.511 e. The van der Waals surface area contributed by atoms with Crippen molar-refractivity contribution < 1.29 is 9.90 Å². The molecular formula is C25H25N3O2. The average molecular weight is 399 g/mol. The van der Waals surface area contributed by atoms with Crippen molar-refractivity contribution in [2.75, 3.05) is 0 Å². The van der Waals surface area contributed by atoms with Gasteiger partial charge in [0, 0.05) is 24.6 Å². The Morgan fingerprint density at radius 1 is 1.03 bits per heavy atom. The second-order valence-corrected chi connectivity index (χ2v) is 8.46. The number of allylic oxidation sites excluding steroid dienone is 2. The molecule has 4 rings (SSSR count). The fourth-order valence-electron chi connectivity index (χ4n) is 3.90. The van der Waals surface area contributed by atoms with Gasteiger partial charge in [-0.2, -0.15) is 5.10 Å². The van der Waals surface area contributed by atoms with Gasteiger partial charge in [0.1, 0.15) is 5.76 Å².